The number of nitrogens with one attached hydrogen (secondary N) is 2. The maximum atomic E-state index is 12.7. The largest absolute Gasteiger partial charge is 0.478 e. The summed E-state index contributed by atoms with van der Waals surface area (Å²) < 4.78 is 18.9. The van der Waals surface area contributed by atoms with Crippen molar-refractivity contribution < 1.29 is 34.0 Å². The van der Waals surface area contributed by atoms with Crippen LogP contribution in [0, 0.1) is 0 Å². The highest BCUT2D eigenvalue weighted by Crippen LogP contribution is 2.40. The molecule has 2 amide bonds. The van der Waals surface area contributed by atoms with Gasteiger partial charge in [-0.2, -0.15) is 0 Å². The number of benzene rings is 6. The quantitative estimate of drug-likeness (QED) is 0.0860. The number of carbonyl (C=O) groups excluding carboxylic acids is 1. The second-order valence-corrected chi connectivity index (χ2v) is 14.1. The second kappa shape index (κ2) is 17.9. The van der Waals surface area contributed by atoms with Gasteiger partial charge in [-0.1, -0.05) is 97.1 Å². The second-order valence-electron chi connectivity index (χ2n) is 13.0. The molecule has 6 aromatic carbocycles. The highest BCUT2D eigenvalue weighted by atomic mass is 32.2. The van der Waals surface area contributed by atoms with Gasteiger partial charge >= 0.3 is 12.0 Å². The van der Waals surface area contributed by atoms with Gasteiger partial charge in [0.15, 0.2) is 6.29 Å². The van der Waals surface area contributed by atoms with E-state index in [-0.39, 0.29) is 30.4 Å². The number of aromatic carboxylic acids is 1. The molecule has 0 radical (unpaired) electrons. The Morgan fingerprint density at radius 1 is 0.709 bits per heavy atom. The van der Waals surface area contributed by atoms with Crippen molar-refractivity contribution in [3.05, 3.63) is 179 Å². The zero-order chi connectivity index (χ0) is 38.0. The molecule has 9 nitrogen and oxygen atoms in total. The summed E-state index contributed by atoms with van der Waals surface area (Å²) in [5.74, 6) is 0.998. The number of urea groups is 1. The predicted octanol–water partition coefficient (Wildman–Crippen LogP) is 10.00. The lowest BCUT2D eigenvalue weighted by Gasteiger charge is -2.36. The van der Waals surface area contributed by atoms with E-state index in [1.165, 1.54) is 11.8 Å². The predicted molar refractivity (Wildman–Crippen MR) is 213 cm³/mol. The third-order valence-corrected chi connectivity index (χ3v) is 10.3. The van der Waals surface area contributed by atoms with E-state index >= 15 is 0 Å². The Morgan fingerprint density at radius 2 is 1.42 bits per heavy atom. The average Bonchev–Trinajstić information content (AvgIpc) is 3.23. The van der Waals surface area contributed by atoms with Crippen LogP contribution in [0.1, 0.15) is 51.4 Å². The van der Waals surface area contributed by atoms with Crippen LogP contribution in [-0.4, -0.2) is 34.1 Å². The van der Waals surface area contributed by atoms with Gasteiger partial charge in [0.05, 0.1) is 24.4 Å². The van der Waals surface area contributed by atoms with Crippen molar-refractivity contribution in [2.24, 2.45) is 0 Å². The molecule has 1 aliphatic heterocycles. The number of rotatable bonds is 13. The molecule has 1 saturated heterocycles. The minimum Gasteiger partial charge on any atom is -0.478 e. The molecule has 278 valence electrons. The number of amides is 2. The van der Waals surface area contributed by atoms with Gasteiger partial charge in [0.1, 0.15) is 11.5 Å². The van der Waals surface area contributed by atoms with Gasteiger partial charge in [0, 0.05) is 34.9 Å². The van der Waals surface area contributed by atoms with Gasteiger partial charge < -0.3 is 35.1 Å². The molecule has 0 bridgehead atoms. The Balaban J connectivity index is 0.984. The lowest BCUT2D eigenvalue weighted by atomic mass is 9.99. The average molecular weight is 753 g/mol. The van der Waals surface area contributed by atoms with Crippen LogP contribution in [0.5, 0.6) is 11.5 Å². The molecule has 0 aromatic heterocycles. The van der Waals surface area contributed by atoms with E-state index in [2.05, 4.69) is 10.6 Å². The molecular formula is C45H40N2O7S. The molecular weight excluding hydrogens is 713 g/mol. The molecule has 7 rings (SSSR count). The number of carboxylic acid groups (broad SMARTS) is 1. The molecule has 10 heteroatoms. The van der Waals surface area contributed by atoms with E-state index < -0.39 is 12.3 Å². The molecule has 3 atom stereocenters. The normalized spacial score (nSPS) is 16.6. The van der Waals surface area contributed by atoms with Crippen LogP contribution in [0.15, 0.2) is 157 Å². The highest BCUT2D eigenvalue weighted by molar-refractivity contribution is 7.99. The van der Waals surface area contributed by atoms with Crippen molar-refractivity contribution in [3.63, 3.8) is 0 Å². The fourth-order valence-corrected chi connectivity index (χ4v) is 7.32. The van der Waals surface area contributed by atoms with Crippen LogP contribution in [0.2, 0.25) is 0 Å². The lowest BCUT2D eigenvalue weighted by Crippen LogP contribution is -2.31. The van der Waals surface area contributed by atoms with E-state index in [1.807, 2.05) is 115 Å². The molecule has 1 fully saturated rings. The minimum absolute atomic E-state index is 0.0392. The van der Waals surface area contributed by atoms with Crippen LogP contribution in [0.3, 0.4) is 0 Å². The van der Waals surface area contributed by atoms with E-state index in [9.17, 15) is 19.8 Å². The van der Waals surface area contributed by atoms with Gasteiger partial charge in [0.25, 0.3) is 0 Å². The smallest absolute Gasteiger partial charge is 0.336 e. The summed E-state index contributed by atoms with van der Waals surface area (Å²) in [5, 5.41) is 25.0. The van der Waals surface area contributed by atoms with Crippen LogP contribution >= 0.6 is 11.8 Å². The van der Waals surface area contributed by atoms with E-state index in [0.717, 1.165) is 39.1 Å². The Kier molecular flexibility index (Phi) is 12.2. The number of carbonyl (C=O) groups is 2. The first-order valence-electron chi connectivity index (χ1n) is 17.9. The number of ether oxygens (including phenoxy) is 3. The zero-order valence-electron chi connectivity index (χ0n) is 29.8. The Bertz CT molecular complexity index is 2200. The van der Waals surface area contributed by atoms with Gasteiger partial charge in [-0.3, -0.25) is 0 Å². The van der Waals surface area contributed by atoms with Gasteiger partial charge in [-0.15, -0.1) is 11.8 Å². The summed E-state index contributed by atoms with van der Waals surface area (Å²) in [5.41, 5.74) is 6.52. The Hall–Kier alpha value is -5.91. The molecule has 3 unspecified atom stereocenters. The molecule has 6 aromatic rings. The van der Waals surface area contributed by atoms with Crippen molar-refractivity contribution in [2.45, 2.75) is 43.0 Å². The van der Waals surface area contributed by atoms with Crippen molar-refractivity contribution in [1.82, 2.24) is 5.32 Å². The Labute approximate surface area is 323 Å². The number of hydrogen-bond donors (Lipinski definition) is 4. The van der Waals surface area contributed by atoms with Crippen molar-refractivity contribution in [3.8, 4) is 22.6 Å². The highest BCUT2D eigenvalue weighted by Gasteiger charge is 2.32. The maximum Gasteiger partial charge on any atom is 0.336 e. The number of carboxylic acids is 1. The molecule has 0 saturated carbocycles. The maximum absolute atomic E-state index is 12.7. The number of aliphatic hydroxyl groups is 1. The number of para-hydroxylation sites is 1. The standard InChI is InChI=1S/C45H40N2O7S/c48-28-30-13-15-33(16-14-30)41-26-39(29-55-42-12-5-4-11-40(42)43(49)50)53-44(54-41)34-19-17-32(18-20-34)35-8-6-7-31(25-35)27-46-45(51)47-36-21-23-38(24-22-36)52-37-9-2-1-3-10-37/h1-25,39,41,44,48H,26-29H2,(H,49,50)(H2,46,47,51). The summed E-state index contributed by atoms with van der Waals surface area (Å²) in [6.45, 7) is 0.302. The van der Waals surface area contributed by atoms with Crippen molar-refractivity contribution in [2.75, 3.05) is 11.1 Å². The number of hydrogen-bond acceptors (Lipinski definition) is 7. The number of aliphatic hydroxyl groups excluding tert-OH is 1. The summed E-state index contributed by atoms with van der Waals surface area (Å²) in [6.07, 6.45) is -0.542. The topological polar surface area (TPSA) is 126 Å². The van der Waals surface area contributed by atoms with Gasteiger partial charge in [-0.05, 0) is 82.4 Å². The third kappa shape index (κ3) is 10.00. The molecule has 55 heavy (non-hydrogen) atoms. The Morgan fingerprint density at radius 3 is 2.16 bits per heavy atom. The van der Waals surface area contributed by atoms with Gasteiger partial charge in [0.2, 0.25) is 0 Å². The van der Waals surface area contributed by atoms with Crippen LogP contribution in [0.4, 0.5) is 10.5 Å². The molecule has 0 spiro atoms. The fraction of sp³-hybridized carbons (Fsp3) is 0.156. The van der Waals surface area contributed by atoms with Gasteiger partial charge in [-0.25, -0.2) is 9.59 Å². The molecule has 1 heterocycles. The van der Waals surface area contributed by atoms with E-state index in [1.54, 1.807) is 36.4 Å². The van der Waals surface area contributed by atoms with Crippen LogP contribution in [0.25, 0.3) is 11.1 Å². The van der Waals surface area contributed by atoms with E-state index in [4.69, 9.17) is 14.2 Å². The number of thioether (sulfide) groups is 1. The van der Waals surface area contributed by atoms with Crippen LogP contribution < -0.4 is 15.4 Å². The first kappa shape index (κ1) is 37.4. The van der Waals surface area contributed by atoms with Crippen molar-refractivity contribution >= 4 is 29.4 Å². The zero-order valence-corrected chi connectivity index (χ0v) is 30.7. The summed E-state index contributed by atoms with van der Waals surface area (Å²) in [4.78, 5) is 25.2. The monoisotopic (exact) mass is 752 g/mol. The number of anilines is 1. The van der Waals surface area contributed by atoms with E-state index in [0.29, 0.717) is 35.1 Å². The molecule has 1 aliphatic rings. The summed E-state index contributed by atoms with van der Waals surface area (Å²) in [6, 6.07) is 47.2. The fourth-order valence-electron chi connectivity index (χ4n) is 6.26. The minimum atomic E-state index is -0.962. The van der Waals surface area contributed by atoms with Crippen molar-refractivity contribution in [1.29, 1.82) is 0 Å². The lowest BCUT2D eigenvalue weighted by molar-refractivity contribution is -0.245. The first-order valence-corrected chi connectivity index (χ1v) is 18.9. The molecule has 0 aliphatic carbocycles. The summed E-state index contributed by atoms with van der Waals surface area (Å²) in [7, 11) is 0. The first-order chi connectivity index (χ1) is 26.9. The SMILES string of the molecule is O=C(NCc1cccc(-c2ccc(C3OC(CSc4ccccc4C(=O)O)CC(c4ccc(CO)cc4)O3)cc2)c1)Nc1ccc(Oc2ccccc2)cc1. The molecule has 4 N–H and O–H groups in total. The summed E-state index contributed by atoms with van der Waals surface area (Å²) >= 11 is 1.46. The third-order valence-electron chi connectivity index (χ3n) is 9.14. The van der Waals surface area contributed by atoms with Crippen LogP contribution in [-0.2, 0) is 22.6 Å².